The Labute approximate surface area is 203 Å². The zero-order valence-corrected chi connectivity index (χ0v) is 21.1. The van der Waals surface area contributed by atoms with E-state index in [-0.39, 0.29) is 23.0 Å². The second-order valence-electron chi connectivity index (χ2n) is 9.66. The lowest BCUT2D eigenvalue weighted by Crippen LogP contribution is -2.48. The summed E-state index contributed by atoms with van der Waals surface area (Å²) >= 11 is 0. The van der Waals surface area contributed by atoms with E-state index in [2.05, 4.69) is 23.5 Å². The van der Waals surface area contributed by atoms with E-state index in [1.807, 2.05) is 24.0 Å². The number of ether oxygens (including phenoxy) is 1. The van der Waals surface area contributed by atoms with Crippen molar-refractivity contribution in [3.8, 4) is 0 Å². The summed E-state index contributed by atoms with van der Waals surface area (Å²) in [4.78, 5) is 17.5. The lowest BCUT2D eigenvalue weighted by molar-refractivity contribution is -0.0728. The number of nitrogens with one attached hydrogen (secondary N) is 1. The van der Waals surface area contributed by atoms with Gasteiger partial charge in [-0.2, -0.15) is 0 Å². The molecule has 2 unspecified atom stereocenters. The Balaban J connectivity index is 1.32. The zero-order valence-electron chi connectivity index (χ0n) is 20.2. The monoisotopic (exact) mass is 485 g/mol. The van der Waals surface area contributed by atoms with Gasteiger partial charge >= 0.3 is 0 Å². The molecule has 8 heteroatoms. The highest BCUT2D eigenvalue weighted by Gasteiger charge is 2.28. The summed E-state index contributed by atoms with van der Waals surface area (Å²) in [6, 6.07) is 13.5. The number of sulfonamides is 1. The van der Waals surface area contributed by atoms with E-state index in [4.69, 9.17) is 4.74 Å². The number of likely N-dealkylation sites (tertiary alicyclic amines) is 1. The number of amides is 1. The van der Waals surface area contributed by atoms with Crippen molar-refractivity contribution in [1.29, 1.82) is 0 Å². The second-order valence-corrected chi connectivity index (χ2v) is 11.3. The average Bonchev–Trinajstić information content (AvgIpc) is 2.80. The molecule has 2 aliphatic rings. The first kappa shape index (κ1) is 24.7. The van der Waals surface area contributed by atoms with Crippen LogP contribution < -0.4 is 4.72 Å². The number of hydrogen-bond donors (Lipinski definition) is 1. The van der Waals surface area contributed by atoms with Crippen LogP contribution in [0, 0.1) is 12.8 Å². The summed E-state index contributed by atoms with van der Waals surface area (Å²) < 4.78 is 34.0. The smallest absolute Gasteiger partial charge is 0.261 e. The van der Waals surface area contributed by atoms with Crippen LogP contribution in [0.2, 0.25) is 0 Å². The molecule has 0 aromatic heterocycles. The first-order valence-electron chi connectivity index (χ1n) is 12.1. The maximum absolute atomic E-state index is 13.0. The fraction of sp³-hybridized carbons (Fsp3) is 0.500. The number of anilines is 1. The van der Waals surface area contributed by atoms with Crippen LogP contribution in [0.25, 0.3) is 0 Å². The Hall–Kier alpha value is -2.42. The third kappa shape index (κ3) is 5.98. The van der Waals surface area contributed by atoms with Crippen LogP contribution in [0.5, 0.6) is 0 Å². The van der Waals surface area contributed by atoms with E-state index in [1.165, 1.54) is 12.1 Å². The average molecular weight is 486 g/mol. The number of nitrogens with zero attached hydrogens (tertiary/aromatic N) is 2. The standard InChI is InChI=1S/C26H35N3O4S/c1-19-6-4-5-7-25(19)27-34(31,32)24-10-8-23(9-11-24)26(30)29-14-12-22(13-15-29)18-28-16-20(2)33-21(3)17-28/h4-11,20-22,27H,12-18H2,1-3H3. The molecule has 2 heterocycles. The Morgan fingerprint density at radius 2 is 1.62 bits per heavy atom. The van der Waals surface area contributed by atoms with Gasteiger partial charge in [-0.1, -0.05) is 18.2 Å². The quantitative estimate of drug-likeness (QED) is 0.674. The molecule has 0 saturated carbocycles. The van der Waals surface area contributed by atoms with Gasteiger partial charge in [0.05, 0.1) is 22.8 Å². The van der Waals surface area contributed by atoms with Crippen molar-refractivity contribution in [3.05, 3.63) is 59.7 Å². The molecule has 2 aromatic rings. The zero-order chi connectivity index (χ0) is 24.3. The summed E-state index contributed by atoms with van der Waals surface area (Å²) in [5.74, 6) is 0.546. The van der Waals surface area contributed by atoms with Crippen molar-refractivity contribution in [1.82, 2.24) is 9.80 Å². The molecule has 2 aromatic carbocycles. The number of para-hydroxylation sites is 1. The number of aryl methyl sites for hydroxylation is 1. The third-order valence-electron chi connectivity index (χ3n) is 6.71. The highest BCUT2D eigenvalue weighted by molar-refractivity contribution is 7.92. The van der Waals surface area contributed by atoms with Gasteiger partial charge in [-0.15, -0.1) is 0 Å². The Kier molecular flexibility index (Phi) is 7.60. The number of morpholine rings is 1. The van der Waals surface area contributed by atoms with Crippen LogP contribution in [-0.4, -0.2) is 69.1 Å². The fourth-order valence-electron chi connectivity index (χ4n) is 4.97. The Morgan fingerprint density at radius 3 is 2.24 bits per heavy atom. The number of benzene rings is 2. The maximum atomic E-state index is 13.0. The lowest BCUT2D eigenvalue weighted by atomic mass is 9.95. The molecule has 184 valence electrons. The molecule has 0 radical (unpaired) electrons. The molecule has 7 nitrogen and oxygen atoms in total. The topological polar surface area (TPSA) is 79.0 Å². The number of carbonyl (C=O) groups is 1. The van der Waals surface area contributed by atoms with E-state index in [9.17, 15) is 13.2 Å². The summed E-state index contributed by atoms with van der Waals surface area (Å²) in [5, 5.41) is 0. The minimum absolute atomic E-state index is 0.0390. The summed E-state index contributed by atoms with van der Waals surface area (Å²) in [5.41, 5.74) is 1.91. The van der Waals surface area contributed by atoms with Gasteiger partial charge in [0.2, 0.25) is 0 Å². The Bertz CT molecular complexity index is 1090. The molecule has 1 N–H and O–H groups in total. The minimum Gasteiger partial charge on any atom is -0.373 e. The molecule has 4 rings (SSSR count). The van der Waals surface area contributed by atoms with Gasteiger partial charge in [0, 0.05) is 38.3 Å². The van der Waals surface area contributed by atoms with E-state index >= 15 is 0 Å². The van der Waals surface area contributed by atoms with Crippen molar-refractivity contribution in [2.75, 3.05) is 37.4 Å². The summed E-state index contributed by atoms with van der Waals surface area (Å²) in [7, 11) is -3.72. The first-order chi connectivity index (χ1) is 16.2. The van der Waals surface area contributed by atoms with Gasteiger partial charge in [-0.3, -0.25) is 14.4 Å². The van der Waals surface area contributed by atoms with E-state index < -0.39 is 10.0 Å². The largest absolute Gasteiger partial charge is 0.373 e. The molecule has 1 amide bonds. The van der Waals surface area contributed by atoms with Gasteiger partial charge in [0.1, 0.15) is 0 Å². The van der Waals surface area contributed by atoms with Gasteiger partial charge in [-0.05, 0) is 75.4 Å². The van der Waals surface area contributed by atoms with Crippen LogP contribution in [0.4, 0.5) is 5.69 Å². The number of carbonyl (C=O) groups excluding carboxylic acids is 1. The number of piperidine rings is 1. The van der Waals surface area contributed by atoms with Crippen molar-refractivity contribution >= 4 is 21.6 Å². The van der Waals surface area contributed by atoms with Crippen molar-refractivity contribution in [2.24, 2.45) is 5.92 Å². The van der Waals surface area contributed by atoms with Crippen molar-refractivity contribution < 1.29 is 17.9 Å². The van der Waals surface area contributed by atoms with Crippen molar-refractivity contribution in [2.45, 2.75) is 50.7 Å². The van der Waals surface area contributed by atoms with Gasteiger partial charge < -0.3 is 9.64 Å². The molecule has 2 atom stereocenters. The Morgan fingerprint density at radius 1 is 1.00 bits per heavy atom. The highest BCUT2D eigenvalue weighted by atomic mass is 32.2. The molecule has 0 bridgehead atoms. The predicted molar refractivity (Wildman–Crippen MR) is 134 cm³/mol. The van der Waals surface area contributed by atoms with Crippen LogP contribution in [-0.2, 0) is 14.8 Å². The van der Waals surface area contributed by atoms with Crippen molar-refractivity contribution in [3.63, 3.8) is 0 Å². The van der Waals surface area contributed by atoms with E-state index in [1.54, 1.807) is 24.3 Å². The molecular weight excluding hydrogens is 450 g/mol. The SMILES string of the molecule is Cc1ccccc1NS(=O)(=O)c1ccc(C(=O)N2CCC(CN3CC(C)OC(C)C3)CC2)cc1. The summed E-state index contributed by atoms with van der Waals surface area (Å²) in [6.45, 7) is 10.6. The molecule has 2 fully saturated rings. The van der Waals surface area contributed by atoms with Crippen LogP contribution in [0.15, 0.2) is 53.4 Å². The third-order valence-corrected chi connectivity index (χ3v) is 8.10. The molecule has 2 saturated heterocycles. The van der Waals surface area contributed by atoms with Crippen LogP contribution >= 0.6 is 0 Å². The molecule has 2 aliphatic heterocycles. The molecule has 0 aliphatic carbocycles. The first-order valence-corrected chi connectivity index (χ1v) is 13.5. The van der Waals surface area contributed by atoms with E-state index in [0.717, 1.165) is 51.1 Å². The predicted octanol–water partition coefficient (Wildman–Crippen LogP) is 3.76. The van der Waals surface area contributed by atoms with Gasteiger partial charge in [0.25, 0.3) is 15.9 Å². The lowest BCUT2D eigenvalue weighted by Gasteiger charge is -2.39. The summed E-state index contributed by atoms with van der Waals surface area (Å²) in [6.07, 6.45) is 2.50. The minimum atomic E-state index is -3.72. The molecule has 0 spiro atoms. The molecular formula is C26H35N3O4S. The number of hydrogen-bond acceptors (Lipinski definition) is 5. The second kappa shape index (κ2) is 10.5. The number of rotatable bonds is 6. The van der Waals surface area contributed by atoms with E-state index in [0.29, 0.717) is 17.2 Å². The van der Waals surface area contributed by atoms with Crippen LogP contribution in [0.1, 0.15) is 42.6 Å². The highest BCUT2D eigenvalue weighted by Crippen LogP contribution is 2.23. The van der Waals surface area contributed by atoms with Crippen LogP contribution in [0.3, 0.4) is 0 Å². The molecule has 34 heavy (non-hydrogen) atoms. The maximum Gasteiger partial charge on any atom is 0.261 e. The van der Waals surface area contributed by atoms with Gasteiger partial charge in [-0.25, -0.2) is 8.42 Å². The normalized spacial score (nSPS) is 22.5. The fourth-order valence-corrected chi connectivity index (χ4v) is 6.10. The van der Waals surface area contributed by atoms with Gasteiger partial charge in [0.15, 0.2) is 0 Å².